The zero-order valence-electron chi connectivity index (χ0n) is 21.5. The molecule has 9 heteroatoms. The van der Waals surface area contributed by atoms with Crippen LogP contribution in [0.25, 0.3) is 6.08 Å². The molecule has 0 N–H and O–H groups in total. The summed E-state index contributed by atoms with van der Waals surface area (Å²) in [5.74, 6) is 0.487. The molecule has 2 amide bonds. The molecule has 2 heterocycles. The number of benzene rings is 3. The van der Waals surface area contributed by atoms with Gasteiger partial charge in [-0.05, 0) is 55.1 Å². The van der Waals surface area contributed by atoms with Gasteiger partial charge in [0.2, 0.25) is 0 Å². The Morgan fingerprint density at radius 3 is 2.64 bits per heavy atom. The Hall–Kier alpha value is -3.59. The van der Waals surface area contributed by atoms with Crippen molar-refractivity contribution in [1.82, 2.24) is 9.80 Å². The van der Waals surface area contributed by atoms with Crippen LogP contribution in [0.2, 0.25) is 5.02 Å². The summed E-state index contributed by atoms with van der Waals surface area (Å²) in [4.78, 5) is 34.9. The second-order valence-corrected chi connectivity index (χ2v) is 10.3. The van der Waals surface area contributed by atoms with Crippen molar-refractivity contribution in [2.45, 2.75) is 13.5 Å². The minimum absolute atomic E-state index is 0.0446. The fraction of sp³-hybridized carbons (Fsp3) is 0.233. The number of ether oxygens (including phenoxy) is 2. The number of thioether (sulfide) groups is 1. The largest absolute Gasteiger partial charge is 0.488 e. The predicted octanol–water partition coefficient (Wildman–Crippen LogP) is 6.02. The Kier molecular flexibility index (Phi) is 8.66. The van der Waals surface area contributed by atoms with Gasteiger partial charge < -0.3 is 14.4 Å². The lowest BCUT2D eigenvalue weighted by atomic mass is 10.1. The molecule has 0 radical (unpaired) electrons. The average molecular weight is 562 g/mol. The van der Waals surface area contributed by atoms with E-state index in [0.717, 1.165) is 11.1 Å². The standard InChI is InChI=1S/C30H28ClN3O4S/c1-2-34-29(36)27(19-21-8-4-6-13-26(21)38-20-23-9-3-5-12-25(23)31)39-30(34)32-24-11-7-10-22(18-24)28(35)33-14-16-37-17-15-33/h3-13,18-19H,2,14-17,20H2,1H3/b27-19+,32-30?. The van der Waals surface area contributed by atoms with E-state index in [1.807, 2.05) is 73.7 Å². The van der Waals surface area contributed by atoms with E-state index in [4.69, 9.17) is 26.1 Å². The van der Waals surface area contributed by atoms with E-state index < -0.39 is 0 Å². The van der Waals surface area contributed by atoms with Gasteiger partial charge in [-0.15, -0.1) is 0 Å². The summed E-state index contributed by atoms with van der Waals surface area (Å²) < 4.78 is 11.4. The summed E-state index contributed by atoms with van der Waals surface area (Å²) >= 11 is 7.59. The third-order valence-corrected chi connectivity index (χ3v) is 7.74. The number of amides is 2. The van der Waals surface area contributed by atoms with Gasteiger partial charge in [-0.25, -0.2) is 4.99 Å². The third-order valence-electron chi connectivity index (χ3n) is 6.37. The van der Waals surface area contributed by atoms with Crippen molar-refractivity contribution in [1.29, 1.82) is 0 Å². The van der Waals surface area contributed by atoms with Crippen LogP contribution in [0.3, 0.4) is 0 Å². The summed E-state index contributed by atoms with van der Waals surface area (Å²) in [5, 5.41) is 1.21. The molecule has 5 rings (SSSR count). The molecule has 0 saturated carbocycles. The summed E-state index contributed by atoms with van der Waals surface area (Å²) in [6, 6.07) is 22.3. The maximum atomic E-state index is 13.3. The van der Waals surface area contributed by atoms with Crippen LogP contribution in [0.15, 0.2) is 82.7 Å². The van der Waals surface area contributed by atoms with Crippen LogP contribution in [0.1, 0.15) is 28.4 Å². The van der Waals surface area contributed by atoms with Crippen molar-refractivity contribution in [2.24, 2.45) is 4.99 Å². The number of amidine groups is 1. The number of para-hydroxylation sites is 1. The Labute approximate surface area is 237 Å². The lowest BCUT2D eigenvalue weighted by Gasteiger charge is -2.26. The van der Waals surface area contributed by atoms with Gasteiger partial charge in [-0.3, -0.25) is 14.5 Å². The lowest BCUT2D eigenvalue weighted by molar-refractivity contribution is -0.122. The molecular weight excluding hydrogens is 534 g/mol. The van der Waals surface area contributed by atoms with Crippen molar-refractivity contribution in [3.63, 3.8) is 0 Å². The number of carbonyl (C=O) groups excluding carboxylic acids is 2. The number of nitrogens with zero attached hydrogens (tertiary/aromatic N) is 3. The summed E-state index contributed by atoms with van der Waals surface area (Å²) in [6.07, 6.45) is 1.83. The van der Waals surface area contributed by atoms with Crippen molar-refractivity contribution in [3.8, 4) is 5.75 Å². The fourth-order valence-electron chi connectivity index (χ4n) is 4.28. The van der Waals surface area contributed by atoms with E-state index in [9.17, 15) is 9.59 Å². The van der Waals surface area contributed by atoms with Gasteiger partial charge in [0.1, 0.15) is 12.4 Å². The van der Waals surface area contributed by atoms with E-state index in [0.29, 0.717) is 71.6 Å². The molecule has 0 bridgehead atoms. The lowest BCUT2D eigenvalue weighted by Crippen LogP contribution is -2.40. The second kappa shape index (κ2) is 12.5. The van der Waals surface area contributed by atoms with Gasteiger partial charge in [-0.2, -0.15) is 0 Å². The first-order chi connectivity index (χ1) is 19.0. The molecular formula is C30H28ClN3O4S. The highest BCUT2D eigenvalue weighted by molar-refractivity contribution is 8.18. The minimum Gasteiger partial charge on any atom is -0.488 e. The molecule has 3 aromatic rings. The molecule has 0 aliphatic carbocycles. The van der Waals surface area contributed by atoms with Crippen molar-refractivity contribution >= 4 is 52.1 Å². The monoisotopic (exact) mass is 561 g/mol. The molecule has 2 fully saturated rings. The average Bonchev–Trinajstić information content (AvgIpc) is 3.26. The zero-order chi connectivity index (χ0) is 27.2. The molecule has 0 aromatic heterocycles. The predicted molar refractivity (Wildman–Crippen MR) is 155 cm³/mol. The summed E-state index contributed by atoms with van der Waals surface area (Å²) in [6.45, 7) is 4.93. The maximum absolute atomic E-state index is 13.3. The Balaban J connectivity index is 1.36. The highest BCUT2D eigenvalue weighted by Crippen LogP contribution is 2.36. The number of hydrogen-bond donors (Lipinski definition) is 0. The Morgan fingerprint density at radius 2 is 1.85 bits per heavy atom. The molecule has 0 unspecified atom stereocenters. The van der Waals surface area contributed by atoms with Gasteiger partial charge in [0, 0.05) is 41.3 Å². The highest BCUT2D eigenvalue weighted by atomic mass is 35.5. The van der Waals surface area contributed by atoms with Crippen LogP contribution in [0.5, 0.6) is 5.75 Å². The van der Waals surface area contributed by atoms with Gasteiger partial charge in [-0.1, -0.05) is 54.1 Å². The summed E-state index contributed by atoms with van der Waals surface area (Å²) in [5.41, 5.74) is 2.86. The first kappa shape index (κ1) is 27.0. The van der Waals surface area contributed by atoms with Crippen molar-refractivity contribution in [3.05, 3.63) is 99.4 Å². The van der Waals surface area contributed by atoms with Crippen LogP contribution in [-0.4, -0.2) is 59.6 Å². The van der Waals surface area contributed by atoms with Crippen LogP contribution < -0.4 is 4.74 Å². The highest BCUT2D eigenvalue weighted by Gasteiger charge is 2.32. The second-order valence-electron chi connectivity index (χ2n) is 8.93. The topological polar surface area (TPSA) is 71.4 Å². The van der Waals surface area contributed by atoms with Gasteiger partial charge in [0.05, 0.1) is 23.8 Å². The summed E-state index contributed by atoms with van der Waals surface area (Å²) in [7, 11) is 0. The van der Waals surface area contributed by atoms with Gasteiger partial charge in [0.25, 0.3) is 11.8 Å². The van der Waals surface area contributed by atoms with E-state index >= 15 is 0 Å². The minimum atomic E-state index is -0.122. The molecule has 0 spiro atoms. The molecule has 3 aromatic carbocycles. The van der Waals surface area contributed by atoms with Crippen LogP contribution in [0, 0.1) is 0 Å². The van der Waals surface area contributed by atoms with Gasteiger partial charge >= 0.3 is 0 Å². The fourth-order valence-corrected chi connectivity index (χ4v) is 5.53. The van der Waals surface area contributed by atoms with E-state index in [1.165, 1.54) is 11.8 Å². The smallest absolute Gasteiger partial charge is 0.266 e. The molecule has 2 aliphatic heterocycles. The molecule has 0 atom stereocenters. The van der Waals surface area contributed by atoms with E-state index in [-0.39, 0.29) is 11.8 Å². The van der Waals surface area contributed by atoms with E-state index in [1.54, 1.807) is 21.9 Å². The molecule has 2 aliphatic rings. The van der Waals surface area contributed by atoms with E-state index in [2.05, 4.69) is 0 Å². The third kappa shape index (κ3) is 6.36. The quantitative estimate of drug-likeness (QED) is 0.330. The molecule has 2 saturated heterocycles. The SMILES string of the molecule is CCN1C(=O)/C(=C\c2ccccc2OCc2ccccc2Cl)SC1=Nc1cccc(C(=O)N2CCOCC2)c1. The number of carbonyl (C=O) groups is 2. The Morgan fingerprint density at radius 1 is 1.08 bits per heavy atom. The van der Waals surface area contributed by atoms with Crippen LogP contribution in [-0.2, 0) is 16.1 Å². The van der Waals surface area contributed by atoms with Crippen LogP contribution >= 0.6 is 23.4 Å². The maximum Gasteiger partial charge on any atom is 0.266 e. The number of hydrogen-bond acceptors (Lipinski definition) is 6. The number of aliphatic imine (C=N–C) groups is 1. The number of likely N-dealkylation sites (N-methyl/N-ethyl adjacent to an activating group) is 1. The van der Waals surface area contributed by atoms with Crippen LogP contribution in [0.4, 0.5) is 5.69 Å². The number of halogens is 1. The first-order valence-electron chi connectivity index (χ1n) is 12.8. The van der Waals surface area contributed by atoms with Crippen molar-refractivity contribution < 1.29 is 19.1 Å². The number of rotatable bonds is 7. The van der Waals surface area contributed by atoms with Gasteiger partial charge in [0.15, 0.2) is 5.17 Å². The van der Waals surface area contributed by atoms with Crippen molar-refractivity contribution in [2.75, 3.05) is 32.8 Å². The first-order valence-corrected chi connectivity index (χ1v) is 14.0. The molecule has 39 heavy (non-hydrogen) atoms. The zero-order valence-corrected chi connectivity index (χ0v) is 23.1. The molecule has 7 nitrogen and oxygen atoms in total. The normalized spacial score (nSPS) is 17.7. The number of morpholine rings is 1. The molecule has 200 valence electrons. The Bertz CT molecular complexity index is 1430.